The van der Waals surface area contributed by atoms with E-state index in [0.29, 0.717) is 23.1 Å². The fourth-order valence-electron chi connectivity index (χ4n) is 4.10. The van der Waals surface area contributed by atoms with E-state index in [0.717, 1.165) is 33.6 Å². The van der Waals surface area contributed by atoms with Gasteiger partial charge in [0.25, 0.3) is 0 Å². The number of rotatable bonds is 9. The van der Waals surface area contributed by atoms with E-state index in [1.807, 2.05) is 52.0 Å². The molecule has 0 fully saturated rings. The lowest BCUT2D eigenvalue weighted by Gasteiger charge is -2.13. The number of aryl methyl sites for hydroxylation is 4. The van der Waals surface area contributed by atoms with Crippen molar-refractivity contribution in [2.75, 3.05) is 27.8 Å². The van der Waals surface area contributed by atoms with E-state index >= 15 is 0 Å². The Balaban J connectivity index is 1.55. The molecule has 9 heteroatoms. The minimum absolute atomic E-state index is 0.0722. The summed E-state index contributed by atoms with van der Waals surface area (Å²) in [5.41, 5.74) is 7.20. The molecular weight excluding hydrogens is 478 g/mol. The molecule has 3 aromatic carbocycles. The highest BCUT2D eigenvalue weighted by Crippen LogP contribution is 2.22. The maximum Gasteiger partial charge on any atom is 0.243 e. The molecule has 1 aromatic heterocycles. The van der Waals surface area contributed by atoms with Crippen molar-refractivity contribution in [2.24, 2.45) is 0 Å². The molecule has 1 heterocycles. The number of hydrogen-bond acceptors (Lipinski definition) is 8. The Hall–Kier alpha value is -4.79. The quantitative estimate of drug-likeness (QED) is 0.208. The maximum atomic E-state index is 12.6. The van der Waals surface area contributed by atoms with E-state index in [-0.39, 0.29) is 24.2 Å². The highest BCUT2D eigenvalue weighted by Gasteiger charge is 2.11. The number of carbonyl (C=O) groups excluding carboxylic acids is 2. The molecule has 1 amide bonds. The van der Waals surface area contributed by atoms with Crippen molar-refractivity contribution in [1.82, 2.24) is 15.0 Å². The van der Waals surface area contributed by atoms with Gasteiger partial charge < -0.3 is 21.3 Å². The summed E-state index contributed by atoms with van der Waals surface area (Å²) in [7, 11) is 0. The molecule has 0 aliphatic carbocycles. The Morgan fingerprint density at radius 2 is 1.16 bits per heavy atom. The summed E-state index contributed by atoms with van der Waals surface area (Å²) in [4.78, 5) is 37.7. The van der Waals surface area contributed by atoms with E-state index in [1.54, 1.807) is 24.3 Å². The van der Waals surface area contributed by atoms with Gasteiger partial charge in [0.15, 0.2) is 5.78 Å². The SMILES string of the molecule is CC(=O)c1cccc(NC(=O)CNc2nc(Nc3cc(C)cc(C)c3)nc(Nc3cc(C)cc(C)c3)n2)c1. The predicted molar refractivity (Wildman–Crippen MR) is 152 cm³/mol. The second-order valence-corrected chi connectivity index (χ2v) is 9.35. The molecule has 194 valence electrons. The van der Waals surface area contributed by atoms with Gasteiger partial charge in [-0.15, -0.1) is 0 Å². The minimum Gasteiger partial charge on any atom is -0.345 e. The molecule has 4 aromatic rings. The molecule has 0 radical (unpaired) electrons. The highest BCUT2D eigenvalue weighted by molar-refractivity contribution is 5.98. The van der Waals surface area contributed by atoms with Crippen LogP contribution in [0.15, 0.2) is 60.7 Å². The lowest BCUT2D eigenvalue weighted by Crippen LogP contribution is -2.23. The number of nitrogens with one attached hydrogen (secondary N) is 4. The lowest BCUT2D eigenvalue weighted by molar-refractivity contribution is -0.114. The zero-order valence-corrected chi connectivity index (χ0v) is 22.1. The molecule has 0 bridgehead atoms. The molecule has 0 aliphatic heterocycles. The number of nitrogens with zero attached hydrogens (tertiary/aromatic N) is 3. The van der Waals surface area contributed by atoms with Gasteiger partial charge >= 0.3 is 0 Å². The first kappa shape index (κ1) is 26.3. The molecule has 0 aliphatic rings. The van der Waals surface area contributed by atoms with E-state index < -0.39 is 0 Å². The number of benzene rings is 3. The van der Waals surface area contributed by atoms with Crippen molar-refractivity contribution < 1.29 is 9.59 Å². The summed E-state index contributed by atoms with van der Waals surface area (Å²) in [6.07, 6.45) is 0. The topological polar surface area (TPSA) is 121 Å². The van der Waals surface area contributed by atoms with Crippen LogP contribution >= 0.6 is 0 Å². The third-order valence-corrected chi connectivity index (χ3v) is 5.55. The molecule has 0 spiro atoms. The Kier molecular flexibility index (Phi) is 7.96. The first-order valence-corrected chi connectivity index (χ1v) is 12.2. The molecule has 4 rings (SSSR count). The van der Waals surface area contributed by atoms with Gasteiger partial charge in [0.2, 0.25) is 23.8 Å². The summed E-state index contributed by atoms with van der Waals surface area (Å²) < 4.78 is 0. The molecule has 9 nitrogen and oxygen atoms in total. The Morgan fingerprint density at radius 1 is 0.658 bits per heavy atom. The molecule has 0 atom stereocenters. The zero-order chi connectivity index (χ0) is 27.2. The Bertz CT molecular complexity index is 1390. The normalized spacial score (nSPS) is 10.6. The van der Waals surface area contributed by atoms with Crippen molar-refractivity contribution in [2.45, 2.75) is 34.6 Å². The van der Waals surface area contributed by atoms with Gasteiger partial charge in [-0.05, 0) is 93.3 Å². The number of anilines is 6. The van der Waals surface area contributed by atoms with Crippen LogP contribution in [0.2, 0.25) is 0 Å². The van der Waals surface area contributed by atoms with Gasteiger partial charge in [-0.2, -0.15) is 15.0 Å². The molecule has 38 heavy (non-hydrogen) atoms. The van der Waals surface area contributed by atoms with Crippen LogP contribution < -0.4 is 21.3 Å². The van der Waals surface area contributed by atoms with Crippen LogP contribution in [0.3, 0.4) is 0 Å². The number of aromatic nitrogens is 3. The summed E-state index contributed by atoms with van der Waals surface area (Å²) >= 11 is 0. The first-order valence-electron chi connectivity index (χ1n) is 12.2. The number of carbonyl (C=O) groups is 2. The van der Waals surface area contributed by atoms with E-state index in [1.165, 1.54) is 6.92 Å². The van der Waals surface area contributed by atoms with Crippen molar-refractivity contribution in [1.29, 1.82) is 0 Å². The summed E-state index contributed by atoms with van der Waals surface area (Å²) in [6, 6.07) is 19.0. The highest BCUT2D eigenvalue weighted by atomic mass is 16.2. The Morgan fingerprint density at radius 3 is 1.66 bits per heavy atom. The fourth-order valence-corrected chi connectivity index (χ4v) is 4.10. The van der Waals surface area contributed by atoms with Crippen LogP contribution in [0.5, 0.6) is 0 Å². The Labute approximate surface area is 222 Å². The third kappa shape index (κ3) is 7.36. The van der Waals surface area contributed by atoms with Gasteiger partial charge in [0.05, 0.1) is 6.54 Å². The maximum absolute atomic E-state index is 12.6. The van der Waals surface area contributed by atoms with Crippen LogP contribution in [-0.4, -0.2) is 33.2 Å². The minimum atomic E-state index is -0.307. The number of amides is 1. The van der Waals surface area contributed by atoms with E-state index in [4.69, 9.17) is 0 Å². The second-order valence-electron chi connectivity index (χ2n) is 9.35. The van der Waals surface area contributed by atoms with Crippen LogP contribution in [0.25, 0.3) is 0 Å². The average molecular weight is 510 g/mol. The van der Waals surface area contributed by atoms with Crippen LogP contribution in [0.4, 0.5) is 34.9 Å². The molecule has 0 saturated carbocycles. The largest absolute Gasteiger partial charge is 0.345 e. The zero-order valence-electron chi connectivity index (χ0n) is 22.1. The van der Waals surface area contributed by atoms with Crippen molar-refractivity contribution in [3.05, 3.63) is 88.5 Å². The fraction of sp³-hybridized carbons (Fsp3) is 0.207. The number of hydrogen-bond donors (Lipinski definition) is 4. The van der Waals surface area contributed by atoms with E-state index in [2.05, 4.69) is 48.4 Å². The summed E-state index contributed by atoms with van der Waals surface area (Å²) in [5.74, 6) is 0.505. The average Bonchev–Trinajstić information content (AvgIpc) is 2.81. The van der Waals surface area contributed by atoms with Crippen molar-refractivity contribution >= 4 is 46.6 Å². The van der Waals surface area contributed by atoms with Crippen LogP contribution in [-0.2, 0) is 4.79 Å². The van der Waals surface area contributed by atoms with Crippen LogP contribution in [0.1, 0.15) is 39.5 Å². The van der Waals surface area contributed by atoms with Crippen molar-refractivity contribution in [3.8, 4) is 0 Å². The van der Waals surface area contributed by atoms with Crippen LogP contribution in [0, 0.1) is 27.7 Å². The second kappa shape index (κ2) is 11.5. The number of Topliss-reactive ketones (excluding diaryl/α,β-unsaturated/α-hetero) is 1. The third-order valence-electron chi connectivity index (χ3n) is 5.55. The molecular formula is C29H31N7O2. The van der Waals surface area contributed by atoms with Gasteiger partial charge in [-0.1, -0.05) is 24.3 Å². The number of ketones is 1. The van der Waals surface area contributed by atoms with Gasteiger partial charge in [-0.3, -0.25) is 9.59 Å². The standard InChI is InChI=1S/C29H31N7O2/c1-17-9-18(2)12-24(11-17)32-28-34-27(35-29(36-28)33-25-13-19(3)10-20(4)14-25)30-16-26(38)31-23-8-6-7-22(15-23)21(5)37/h6-15H,16H2,1-5H3,(H,31,38)(H3,30,32,33,34,35,36). The van der Waals surface area contributed by atoms with E-state index in [9.17, 15) is 9.59 Å². The summed E-state index contributed by atoms with van der Waals surface area (Å²) in [6.45, 7) is 9.50. The predicted octanol–water partition coefficient (Wildman–Crippen LogP) is 5.85. The monoisotopic (exact) mass is 509 g/mol. The van der Waals surface area contributed by atoms with Gasteiger partial charge in [-0.25, -0.2) is 0 Å². The van der Waals surface area contributed by atoms with Gasteiger partial charge in [0, 0.05) is 22.6 Å². The molecule has 0 unspecified atom stereocenters. The molecule has 4 N–H and O–H groups in total. The molecule has 0 saturated heterocycles. The van der Waals surface area contributed by atoms with Gasteiger partial charge in [0.1, 0.15) is 0 Å². The van der Waals surface area contributed by atoms with Crippen molar-refractivity contribution in [3.63, 3.8) is 0 Å². The first-order chi connectivity index (χ1) is 18.1. The summed E-state index contributed by atoms with van der Waals surface area (Å²) in [5, 5.41) is 12.3. The smallest absolute Gasteiger partial charge is 0.243 e. The lowest BCUT2D eigenvalue weighted by atomic mass is 10.1.